The molecule has 0 atom stereocenters. The van der Waals surface area contributed by atoms with E-state index in [2.05, 4.69) is 26.8 Å². The van der Waals surface area contributed by atoms with Crippen LogP contribution in [0.25, 0.3) is 0 Å². The Morgan fingerprint density at radius 2 is 1.88 bits per heavy atom. The van der Waals surface area contributed by atoms with Crippen LogP contribution in [0, 0.1) is 5.41 Å². The molecule has 0 amide bonds. The Balaban J connectivity index is 2.98. The van der Waals surface area contributed by atoms with Gasteiger partial charge >= 0.3 is 0 Å². The molecule has 16 heavy (non-hydrogen) atoms. The van der Waals surface area contributed by atoms with Crippen molar-refractivity contribution >= 4 is 0 Å². The van der Waals surface area contributed by atoms with Crippen molar-refractivity contribution in [3.63, 3.8) is 0 Å². The third kappa shape index (κ3) is 3.76. The molecule has 90 valence electrons. The molecule has 1 aromatic carbocycles. The molecule has 0 radical (unpaired) electrons. The van der Waals surface area contributed by atoms with E-state index in [9.17, 15) is 0 Å². The van der Waals surface area contributed by atoms with Gasteiger partial charge in [0, 0.05) is 6.07 Å². The first-order valence-electron chi connectivity index (χ1n) is 5.76. The van der Waals surface area contributed by atoms with Gasteiger partial charge in [0.05, 0.1) is 13.7 Å². The maximum absolute atomic E-state index is 5.65. The van der Waals surface area contributed by atoms with Crippen molar-refractivity contribution in [2.75, 3.05) is 13.7 Å². The summed E-state index contributed by atoms with van der Waals surface area (Å²) in [6.45, 7) is 9.37. The van der Waals surface area contributed by atoms with Crippen LogP contribution in [0.4, 0.5) is 0 Å². The van der Waals surface area contributed by atoms with Crippen LogP contribution < -0.4 is 9.47 Å². The van der Waals surface area contributed by atoms with Crippen molar-refractivity contribution in [1.29, 1.82) is 0 Å². The molecule has 0 saturated heterocycles. The zero-order valence-corrected chi connectivity index (χ0v) is 11.0. The topological polar surface area (TPSA) is 18.5 Å². The van der Waals surface area contributed by atoms with Gasteiger partial charge in [-0.05, 0) is 30.4 Å². The van der Waals surface area contributed by atoms with Gasteiger partial charge in [-0.1, -0.05) is 26.8 Å². The summed E-state index contributed by atoms with van der Waals surface area (Å²) >= 11 is 0. The molecular weight excluding hydrogens is 200 g/mol. The quantitative estimate of drug-likeness (QED) is 0.773. The number of benzene rings is 1. The number of rotatable bonds is 4. The molecule has 0 N–H and O–H groups in total. The van der Waals surface area contributed by atoms with Crippen molar-refractivity contribution in [3.8, 4) is 11.5 Å². The second-order valence-electron chi connectivity index (χ2n) is 5.14. The Labute approximate surface area is 98.6 Å². The van der Waals surface area contributed by atoms with Gasteiger partial charge in [0.25, 0.3) is 0 Å². The van der Waals surface area contributed by atoms with Crippen molar-refractivity contribution in [1.82, 2.24) is 0 Å². The van der Waals surface area contributed by atoms with Gasteiger partial charge in [-0.3, -0.25) is 0 Å². The second-order valence-corrected chi connectivity index (χ2v) is 5.14. The van der Waals surface area contributed by atoms with Crippen molar-refractivity contribution in [3.05, 3.63) is 23.8 Å². The average Bonchev–Trinajstić information content (AvgIpc) is 2.19. The smallest absolute Gasteiger partial charge is 0.126 e. The molecule has 0 spiro atoms. The number of ether oxygens (including phenoxy) is 2. The van der Waals surface area contributed by atoms with Gasteiger partial charge in [0.2, 0.25) is 0 Å². The van der Waals surface area contributed by atoms with E-state index >= 15 is 0 Å². The fraction of sp³-hybridized carbons (Fsp3) is 0.571. The third-order valence-electron chi connectivity index (χ3n) is 2.29. The molecule has 1 aromatic rings. The van der Waals surface area contributed by atoms with Crippen LogP contribution >= 0.6 is 0 Å². The maximum atomic E-state index is 5.65. The van der Waals surface area contributed by atoms with Crippen molar-refractivity contribution in [2.45, 2.75) is 34.1 Å². The first-order valence-corrected chi connectivity index (χ1v) is 5.76. The molecule has 0 saturated carbocycles. The number of methoxy groups -OCH3 is 1. The zero-order valence-electron chi connectivity index (χ0n) is 11.0. The normalized spacial score (nSPS) is 11.3. The summed E-state index contributed by atoms with van der Waals surface area (Å²) in [5, 5.41) is 0. The van der Waals surface area contributed by atoms with E-state index < -0.39 is 0 Å². The lowest BCUT2D eigenvalue weighted by Gasteiger charge is -2.20. The predicted molar refractivity (Wildman–Crippen MR) is 67.3 cm³/mol. The summed E-state index contributed by atoms with van der Waals surface area (Å²) in [6.07, 6.45) is 1.01. The zero-order chi connectivity index (χ0) is 12.2. The minimum atomic E-state index is 0.264. The SMILES string of the molecule is CCOc1cc(OC)ccc1CC(C)(C)C. The molecule has 0 aliphatic carbocycles. The van der Waals surface area contributed by atoms with Crippen LogP contribution in [0.5, 0.6) is 11.5 Å². The van der Waals surface area contributed by atoms with E-state index in [4.69, 9.17) is 9.47 Å². The first kappa shape index (κ1) is 12.9. The monoisotopic (exact) mass is 222 g/mol. The minimum absolute atomic E-state index is 0.264. The first-order chi connectivity index (χ1) is 7.46. The summed E-state index contributed by atoms with van der Waals surface area (Å²) in [7, 11) is 1.68. The van der Waals surface area contributed by atoms with Gasteiger partial charge in [0.15, 0.2) is 0 Å². The highest BCUT2D eigenvalue weighted by Gasteiger charge is 2.15. The lowest BCUT2D eigenvalue weighted by molar-refractivity contribution is 0.324. The fourth-order valence-electron chi connectivity index (χ4n) is 1.67. The Morgan fingerprint density at radius 1 is 1.19 bits per heavy atom. The Hall–Kier alpha value is -1.18. The van der Waals surface area contributed by atoms with Crippen molar-refractivity contribution in [2.24, 2.45) is 5.41 Å². The van der Waals surface area contributed by atoms with E-state index in [0.717, 1.165) is 17.9 Å². The summed E-state index contributed by atoms with van der Waals surface area (Å²) in [6, 6.07) is 6.04. The molecule has 0 fully saturated rings. The molecule has 2 nitrogen and oxygen atoms in total. The summed E-state index contributed by atoms with van der Waals surface area (Å²) in [4.78, 5) is 0. The van der Waals surface area contributed by atoms with E-state index in [0.29, 0.717) is 6.61 Å². The highest BCUT2D eigenvalue weighted by atomic mass is 16.5. The fourth-order valence-corrected chi connectivity index (χ4v) is 1.67. The highest BCUT2D eigenvalue weighted by molar-refractivity contribution is 5.41. The van der Waals surface area contributed by atoms with E-state index in [-0.39, 0.29) is 5.41 Å². The van der Waals surface area contributed by atoms with Gasteiger partial charge in [-0.15, -0.1) is 0 Å². The van der Waals surface area contributed by atoms with Crippen LogP contribution in [0.15, 0.2) is 18.2 Å². The Morgan fingerprint density at radius 3 is 2.38 bits per heavy atom. The van der Waals surface area contributed by atoms with E-state index in [1.54, 1.807) is 7.11 Å². The van der Waals surface area contributed by atoms with Gasteiger partial charge in [0.1, 0.15) is 11.5 Å². The molecule has 0 aliphatic rings. The third-order valence-corrected chi connectivity index (χ3v) is 2.29. The van der Waals surface area contributed by atoms with Crippen LogP contribution in [0.2, 0.25) is 0 Å². The molecule has 0 aliphatic heterocycles. The standard InChI is InChI=1S/C14H22O2/c1-6-16-13-9-12(15-5)8-7-11(13)10-14(2,3)4/h7-9H,6,10H2,1-5H3. The molecule has 2 heteroatoms. The summed E-state index contributed by atoms with van der Waals surface area (Å²) < 4.78 is 10.9. The summed E-state index contributed by atoms with van der Waals surface area (Å²) in [5.74, 6) is 1.79. The lowest BCUT2D eigenvalue weighted by Crippen LogP contribution is -2.10. The maximum Gasteiger partial charge on any atom is 0.126 e. The average molecular weight is 222 g/mol. The van der Waals surface area contributed by atoms with Gasteiger partial charge in [-0.25, -0.2) is 0 Å². The Kier molecular flexibility index (Phi) is 4.22. The number of hydrogen-bond donors (Lipinski definition) is 0. The molecule has 0 bridgehead atoms. The van der Waals surface area contributed by atoms with Crippen LogP contribution in [0.3, 0.4) is 0 Å². The molecule has 1 rings (SSSR count). The van der Waals surface area contributed by atoms with Crippen LogP contribution in [-0.2, 0) is 6.42 Å². The molecule has 0 heterocycles. The highest BCUT2D eigenvalue weighted by Crippen LogP contribution is 2.30. The molecule has 0 aromatic heterocycles. The number of hydrogen-bond acceptors (Lipinski definition) is 2. The lowest BCUT2D eigenvalue weighted by atomic mass is 9.88. The largest absolute Gasteiger partial charge is 0.497 e. The van der Waals surface area contributed by atoms with Gasteiger partial charge < -0.3 is 9.47 Å². The minimum Gasteiger partial charge on any atom is -0.497 e. The van der Waals surface area contributed by atoms with Crippen LogP contribution in [0.1, 0.15) is 33.3 Å². The van der Waals surface area contributed by atoms with E-state index in [1.165, 1.54) is 5.56 Å². The molecule has 0 unspecified atom stereocenters. The molecular formula is C14H22O2. The van der Waals surface area contributed by atoms with Crippen molar-refractivity contribution < 1.29 is 9.47 Å². The summed E-state index contributed by atoms with van der Waals surface area (Å²) in [5.41, 5.74) is 1.51. The van der Waals surface area contributed by atoms with Gasteiger partial charge in [-0.2, -0.15) is 0 Å². The predicted octanol–water partition coefficient (Wildman–Crippen LogP) is 3.68. The second kappa shape index (κ2) is 5.24. The van der Waals surface area contributed by atoms with E-state index in [1.807, 2.05) is 19.1 Å². The Bertz CT molecular complexity index is 337. The van der Waals surface area contributed by atoms with Crippen LogP contribution in [-0.4, -0.2) is 13.7 Å².